The molecule has 7 nitrogen and oxygen atoms in total. The number of para-hydroxylation sites is 1. The molecule has 0 saturated heterocycles. The Morgan fingerprint density at radius 2 is 2.00 bits per heavy atom. The van der Waals surface area contributed by atoms with E-state index in [1.54, 1.807) is 19.9 Å². The van der Waals surface area contributed by atoms with Gasteiger partial charge in [0, 0.05) is 29.1 Å². The molecule has 27 heavy (non-hydrogen) atoms. The summed E-state index contributed by atoms with van der Waals surface area (Å²) in [6.45, 7) is 3.65. The second-order valence-corrected chi connectivity index (χ2v) is 6.19. The van der Waals surface area contributed by atoms with E-state index in [0.29, 0.717) is 28.1 Å². The Labute approximate surface area is 156 Å². The molecule has 0 spiro atoms. The number of aliphatic carboxylic acids is 1. The third-order valence-electron chi connectivity index (χ3n) is 4.39. The number of aryl methyl sites for hydroxylation is 1. The van der Waals surface area contributed by atoms with Crippen LogP contribution < -0.4 is 5.32 Å². The lowest BCUT2D eigenvalue weighted by molar-refractivity contribution is -0.137. The third-order valence-corrected chi connectivity index (χ3v) is 4.39. The van der Waals surface area contributed by atoms with Crippen molar-refractivity contribution in [3.05, 3.63) is 52.3 Å². The molecule has 0 unspecified atom stereocenters. The van der Waals surface area contributed by atoms with E-state index in [9.17, 15) is 14.4 Å². The van der Waals surface area contributed by atoms with Crippen molar-refractivity contribution >= 4 is 35.2 Å². The topological polar surface area (TPSA) is 108 Å². The first-order chi connectivity index (χ1) is 12.9. The second-order valence-electron chi connectivity index (χ2n) is 6.19. The Morgan fingerprint density at radius 1 is 1.26 bits per heavy atom. The van der Waals surface area contributed by atoms with Crippen LogP contribution in [0.1, 0.15) is 46.2 Å². The van der Waals surface area contributed by atoms with Gasteiger partial charge in [-0.1, -0.05) is 18.2 Å². The van der Waals surface area contributed by atoms with Crippen LogP contribution in [0, 0.1) is 6.92 Å². The molecule has 7 heteroatoms. The number of hydrogen-bond donors (Lipinski definition) is 3. The van der Waals surface area contributed by atoms with Crippen molar-refractivity contribution in [1.82, 2.24) is 4.98 Å². The number of esters is 1. The largest absolute Gasteiger partial charge is 0.481 e. The summed E-state index contributed by atoms with van der Waals surface area (Å²) >= 11 is 0. The molecule has 1 aromatic heterocycles. The van der Waals surface area contributed by atoms with Crippen LogP contribution in [-0.4, -0.2) is 34.5 Å². The summed E-state index contributed by atoms with van der Waals surface area (Å²) < 4.78 is 5.11. The number of carboxylic acids is 1. The molecule has 0 radical (unpaired) electrons. The highest BCUT2D eigenvalue weighted by Gasteiger charge is 2.26. The molecule has 1 aromatic carbocycles. The quantitative estimate of drug-likeness (QED) is 0.536. The van der Waals surface area contributed by atoms with Gasteiger partial charge in [-0.2, -0.15) is 0 Å². The molecule has 1 aliphatic heterocycles. The van der Waals surface area contributed by atoms with Crippen molar-refractivity contribution in [2.75, 3.05) is 11.9 Å². The van der Waals surface area contributed by atoms with E-state index in [1.807, 2.05) is 24.3 Å². The van der Waals surface area contributed by atoms with Crippen molar-refractivity contribution in [3.63, 3.8) is 0 Å². The molecule has 2 heterocycles. The first-order valence-electron chi connectivity index (χ1n) is 8.65. The fraction of sp³-hybridized carbons (Fsp3) is 0.250. The molecule has 2 aromatic rings. The van der Waals surface area contributed by atoms with Gasteiger partial charge in [-0.3, -0.25) is 9.59 Å². The number of carbonyl (C=O) groups is 3. The molecule has 140 valence electrons. The van der Waals surface area contributed by atoms with Crippen molar-refractivity contribution in [1.29, 1.82) is 0 Å². The van der Waals surface area contributed by atoms with E-state index in [2.05, 4.69) is 10.3 Å². The number of aromatic nitrogens is 1. The minimum absolute atomic E-state index is 0.136. The summed E-state index contributed by atoms with van der Waals surface area (Å²) in [6.07, 6.45) is 1.67. The zero-order valence-corrected chi connectivity index (χ0v) is 15.1. The third kappa shape index (κ3) is 3.62. The lowest BCUT2D eigenvalue weighted by Crippen LogP contribution is -2.09. The van der Waals surface area contributed by atoms with Crippen LogP contribution >= 0.6 is 0 Å². The number of amides is 1. The monoisotopic (exact) mass is 368 g/mol. The number of hydrogen-bond acceptors (Lipinski definition) is 4. The molecular weight excluding hydrogens is 348 g/mol. The van der Waals surface area contributed by atoms with E-state index < -0.39 is 11.9 Å². The van der Waals surface area contributed by atoms with E-state index in [4.69, 9.17) is 9.84 Å². The van der Waals surface area contributed by atoms with E-state index >= 15 is 0 Å². The van der Waals surface area contributed by atoms with Gasteiger partial charge in [0.25, 0.3) is 5.91 Å². The molecule has 0 fully saturated rings. The molecule has 0 aliphatic carbocycles. The van der Waals surface area contributed by atoms with Crippen molar-refractivity contribution in [3.8, 4) is 0 Å². The van der Waals surface area contributed by atoms with Gasteiger partial charge < -0.3 is 20.1 Å². The molecule has 3 N–H and O–H groups in total. The van der Waals surface area contributed by atoms with Crippen LogP contribution in [0.5, 0.6) is 0 Å². The fourth-order valence-electron chi connectivity index (χ4n) is 3.22. The van der Waals surface area contributed by atoms with E-state index in [-0.39, 0.29) is 25.4 Å². The summed E-state index contributed by atoms with van der Waals surface area (Å²) in [4.78, 5) is 38.9. The SMILES string of the molecule is CCOC(=O)c1c(C)[nH]c(/C=C2\C(=O)Nc3ccccc32)c1CCC(=O)O. The molecule has 0 saturated carbocycles. The number of carboxylic acid groups (broad SMARTS) is 1. The normalized spacial score (nSPS) is 14.1. The number of nitrogens with one attached hydrogen (secondary N) is 2. The number of carbonyl (C=O) groups excluding carboxylic acids is 2. The molecule has 3 rings (SSSR count). The van der Waals surface area contributed by atoms with Crippen molar-refractivity contribution in [2.45, 2.75) is 26.7 Å². The summed E-state index contributed by atoms with van der Waals surface area (Å²) in [5, 5.41) is 11.9. The van der Waals surface area contributed by atoms with Crippen LogP contribution in [0.25, 0.3) is 11.6 Å². The number of benzene rings is 1. The van der Waals surface area contributed by atoms with Crippen molar-refractivity contribution in [2.24, 2.45) is 0 Å². The Morgan fingerprint density at radius 3 is 2.70 bits per heavy atom. The maximum atomic E-state index is 12.4. The standard InChI is InChI=1S/C20H20N2O5/c1-3-27-20(26)18-11(2)21-16(13(18)8-9-17(23)24)10-14-12-6-4-5-7-15(12)22-19(14)25/h4-7,10,21H,3,8-9H2,1-2H3,(H,22,25)(H,23,24)/b14-10-. The number of H-pyrrole nitrogens is 1. The number of fused-ring (bicyclic) bond motifs is 1. The Bertz CT molecular complexity index is 955. The highest BCUT2D eigenvalue weighted by Crippen LogP contribution is 2.34. The van der Waals surface area contributed by atoms with Crippen LogP contribution in [0.15, 0.2) is 24.3 Å². The maximum absolute atomic E-state index is 12.4. The first-order valence-corrected chi connectivity index (χ1v) is 8.65. The van der Waals surface area contributed by atoms with Crippen LogP contribution in [-0.2, 0) is 20.7 Å². The average molecular weight is 368 g/mol. The summed E-state index contributed by atoms with van der Waals surface area (Å²) in [5.41, 5.74) is 3.92. The van der Waals surface area contributed by atoms with Crippen LogP contribution in [0.4, 0.5) is 5.69 Å². The molecule has 1 amide bonds. The number of rotatable bonds is 6. The van der Waals surface area contributed by atoms with Crippen molar-refractivity contribution < 1.29 is 24.2 Å². The Kier molecular flexibility index (Phi) is 5.12. The van der Waals surface area contributed by atoms with Crippen LogP contribution in [0.2, 0.25) is 0 Å². The smallest absolute Gasteiger partial charge is 0.340 e. The van der Waals surface area contributed by atoms with E-state index in [1.165, 1.54) is 0 Å². The predicted octanol–water partition coefficient (Wildman–Crippen LogP) is 3.01. The van der Waals surface area contributed by atoms with Crippen LogP contribution in [0.3, 0.4) is 0 Å². The van der Waals surface area contributed by atoms with Gasteiger partial charge in [0.1, 0.15) is 0 Å². The molecule has 0 atom stereocenters. The van der Waals surface area contributed by atoms with Gasteiger partial charge in [-0.05, 0) is 38.0 Å². The minimum atomic E-state index is -0.966. The zero-order valence-electron chi connectivity index (χ0n) is 15.1. The minimum Gasteiger partial charge on any atom is -0.481 e. The zero-order chi connectivity index (χ0) is 19.6. The predicted molar refractivity (Wildman–Crippen MR) is 100 cm³/mol. The van der Waals surface area contributed by atoms with Gasteiger partial charge >= 0.3 is 11.9 Å². The average Bonchev–Trinajstić information content (AvgIpc) is 3.10. The number of aromatic amines is 1. The van der Waals surface area contributed by atoms with Gasteiger partial charge in [0.05, 0.1) is 17.7 Å². The van der Waals surface area contributed by atoms with E-state index in [0.717, 1.165) is 11.3 Å². The summed E-state index contributed by atoms with van der Waals surface area (Å²) in [7, 11) is 0. The molecule has 1 aliphatic rings. The number of anilines is 1. The summed E-state index contributed by atoms with van der Waals surface area (Å²) in [5.74, 6) is -1.72. The molecule has 0 bridgehead atoms. The highest BCUT2D eigenvalue weighted by atomic mass is 16.5. The second kappa shape index (κ2) is 7.49. The molecular formula is C20H20N2O5. The van der Waals surface area contributed by atoms with Gasteiger partial charge in [0.15, 0.2) is 0 Å². The summed E-state index contributed by atoms with van der Waals surface area (Å²) in [6, 6.07) is 7.31. The lowest BCUT2D eigenvalue weighted by atomic mass is 10.0. The number of ether oxygens (including phenoxy) is 1. The Balaban J connectivity index is 2.10. The van der Waals surface area contributed by atoms with Gasteiger partial charge in [-0.15, -0.1) is 0 Å². The Hall–Kier alpha value is -3.35. The van der Waals surface area contributed by atoms with Gasteiger partial charge in [0.2, 0.25) is 0 Å². The maximum Gasteiger partial charge on any atom is 0.340 e. The van der Waals surface area contributed by atoms with Gasteiger partial charge in [-0.25, -0.2) is 4.79 Å². The fourth-order valence-corrected chi connectivity index (χ4v) is 3.22. The highest BCUT2D eigenvalue weighted by molar-refractivity contribution is 6.34. The first kappa shape index (κ1) is 18.4. The lowest BCUT2D eigenvalue weighted by Gasteiger charge is -2.06.